The Morgan fingerprint density at radius 1 is 1.24 bits per heavy atom. The lowest BCUT2D eigenvalue weighted by Crippen LogP contribution is -2.29. The van der Waals surface area contributed by atoms with Gasteiger partial charge in [-0.05, 0) is 36.8 Å². The van der Waals surface area contributed by atoms with Gasteiger partial charge in [-0.1, -0.05) is 38.3 Å². The molecule has 17 heavy (non-hydrogen) atoms. The summed E-state index contributed by atoms with van der Waals surface area (Å²) < 4.78 is 0. The third-order valence-electron chi connectivity index (χ3n) is 4.06. The maximum Gasteiger partial charge on any atom is 0.0603 e. The molecule has 1 fully saturated rings. The Bertz CT molecular complexity index is 358. The Morgan fingerprint density at radius 2 is 1.94 bits per heavy atom. The average Bonchev–Trinajstić information content (AvgIpc) is 2.29. The molecule has 1 aliphatic carbocycles. The van der Waals surface area contributed by atoms with Gasteiger partial charge in [0.25, 0.3) is 0 Å². The molecule has 1 saturated carbocycles. The third-order valence-corrected chi connectivity index (χ3v) is 4.06. The Labute approximate surface area is 105 Å². The topological polar surface area (TPSA) is 38.0 Å². The number of rotatable bonds is 3. The summed E-state index contributed by atoms with van der Waals surface area (Å²) in [5.41, 5.74) is 9.70. The molecule has 94 valence electrons. The van der Waals surface area contributed by atoms with Crippen LogP contribution in [0.4, 0.5) is 11.4 Å². The van der Waals surface area contributed by atoms with E-state index in [-0.39, 0.29) is 0 Å². The van der Waals surface area contributed by atoms with E-state index in [2.05, 4.69) is 25.2 Å². The van der Waals surface area contributed by atoms with Gasteiger partial charge in [-0.2, -0.15) is 0 Å². The van der Waals surface area contributed by atoms with Crippen LogP contribution in [0.25, 0.3) is 0 Å². The predicted molar refractivity (Wildman–Crippen MR) is 75.3 cm³/mol. The predicted octanol–water partition coefficient (Wildman–Crippen LogP) is 3.96. The van der Waals surface area contributed by atoms with Crippen LogP contribution in [0.15, 0.2) is 18.2 Å². The zero-order chi connectivity index (χ0) is 12.3. The number of aryl methyl sites for hydroxylation is 1. The Kier molecular flexibility index (Phi) is 3.60. The minimum absolute atomic E-state index is 0.451. The van der Waals surface area contributed by atoms with E-state index in [4.69, 9.17) is 5.73 Å². The highest BCUT2D eigenvalue weighted by atomic mass is 14.9. The first-order valence-corrected chi connectivity index (χ1v) is 6.70. The average molecular weight is 232 g/mol. The van der Waals surface area contributed by atoms with Gasteiger partial charge in [0.2, 0.25) is 0 Å². The van der Waals surface area contributed by atoms with E-state index in [1.807, 2.05) is 12.1 Å². The number of anilines is 2. The molecule has 3 N–H and O–H groups in total. The number of hydrogen-bond donors (Lipinski definition) is 2. The van der Waals surface area contributed by atoms with Gasteiger partial charge in [-0.25, -0.2) is 0 Å². The SMILES string of the molecule is Cc1cccc(N)c1NCC1(C)CCCCC1. The van der Waals surface area contributed by atoms with Crippen LogP contribution < -0.4 is 11.1 Å². The first kappa shape index (κ1) is 12.3. The summed E-state index contributed by atoms with van der Waals surface area (Å²) in [6.45, 7) is 5.55. The number of nitrogens with one attached hydrogen (secondary N) is 1. The highest BCUT2D eigenvalue weighted by Gasteiger charge is 2.26. The molecule has 2 rings (SSSR count). The molecule has 1 aromatic carbocycles. The van der Waals surface area contributed by atoms with E-state index in [9.17, 15) is 0 Å². The molecule has 0 saturated heterocycles. The maximum absolute atomic E-state index is 6.02. The monoisotopic (exact) mass is 232 g/mol. The third kappa shape index (κ3) is 2.93. The first-order valence-electron chi connectivity index (χ1n) is 6.70. The Balaban J connectivity index is 2.02. The van der Waals surface area contributed by atoms with Gasteiger partial charge >= 0.3 is 0 Å². The van der Waals surface area contributed by atoms with Crippen LogP contribution in [-0.4, -0.2) is 6.54 Å². The molecule has 2 nitrogen and oxygen atoms in total. The Morgan fingerprint density at radius 3 is 2.59 bits per heavy atom. The van der Waals surface area contributed by atoms with Crippen molar-refractivity contribution in [2.24, 2.45) is 5.41 Å². The number of hydrogen-bond acceptors (Lipinski definition) is 2. The second-order valence-electron chi connectivity index (χ2n) is 5.76. The van der Waals surface area contributed by atoms with E-state index in [1.165, 1.54) is 37.7 Å². The standard InChI is InChI=1S/C15H24N2/c1-12-7-6-8-13(16)14(12)17-11-15(2)9-4-3-5-10-15/h6-8,17H,3-5,9-11,16H2,1-2H3. The van der Waals surface area contributed by atoms with Crippen LogP contribution in [0.1, 0.15) is 44.6 Å². The van der Waals surface area contributed by atoms with Gasteiger partial charge in [0.1, 0.15) is 0 Å². The molecule has 0 radical (unpaired) electrons. The number of nitrogens with two attached hydrogens (primary N) is 1. The van der Waals surface area contributed by atoms with Crippen LogP contribution in [0.3, 0.4) is 0 Å². The largest absolute Gasteiger partial charge is 0.397 e. The number of nitrogen functional groups attached to an aromatic ring is 1. The van der Waals surface area contributed by atoms with Gasteiger partial charge in [0.15, 0.2) is 0 Å². The summed E-state index contributed by atoms with van der Waals surface area (Å²) in [6.07, 6.45) is 6.84. The van der Waals surface area contributed by atoms with E-state index in [0.29, 0.717) is 5.41 Å². The fourth-order valence-corrected chi connectivity index (χ4v) is 2.82. The molecule has 0 spiro atoms. The van der Waals surface area contributed by atoms with Crippen molar-refractivity contribution in [3.63, 3.8) is 0 Å². The molecule has 0 bridgehead atoms. The molecule has 1 aromatic rings. The summed E-state index contributed by atoms with van der Waals surface area (Å²) in [4.78, 5) is 0. The van der Waals surface area contributed by atoms with Crippen molar-refractivity contribution in [3.8, 4) is 0 Å². The van der Waals surface area contributed by atoms with Crippen molar-refractivity contribution >= 4 is 11.4 Å². The second-order valence-corrected chi connectivity index (χ2v) is 5.76. The molecule has 0 atom stereocenters. The molecular formula is C15H24N2. The van der Waals surface area contributed by atoms with Crippen molar-refractivity contribution in [2.75, 3.05) is 17.6 Å². The van der Waals surface area contributed by atoms with Crippen molar-refractivity contribution in [3.05, 3.63) is 23.8 Å². The molecule has 1 aliphatic rings. The minimum atomic E-state index is 0.451. The molecule has 0 amide bonds. The summed E-state index contributed by atoms with van der Waals surface area (Å²) in [5, 5.41) is 3.57. The summed E-state index contributed by atoms with van der Waals surface area (Å²) in [6, 6.07) is 6.10. The zero-order valence-electron chi connectivity index (χ0n) is 11.1. The molecule has 0 unspecified atom stereocenters. The molecule has 0 aromatic heterocycles. The first-order chi connectivity index (χ1) is 8.11. The van der Waals surface area contributed by atoms with Crippen LogP contribution in [0.5, 0.6) is 0 Å². The highest BCUT2D eigenvalue weighted by Crippen LogP contribution is 2.36. The zero-order valence-corrected chi connectivity index (χ0v) is 11.1. The lowest BCUT2D eigenvalue weighted by Gasteiger charge is -2.34. The van der Waals surface area contributed by atoms with Gasteiger partial charge in [-0.3, -0.25) is 0 Å². The normalized spacial score (nSPS) is 18.9. The second kappa shape index (κ2) is 4.99. The van der Waals surface area contributed by atoms with Crippen LogP contribution in [0, 0.1) is 12.3 Å². The number of benzene rings is 1. The molecule has 2 heteroatoms. The van der Waals surface area contributed by atoms with Gasteiger partial charge < -0.3 is 11.1 Å². The van der Waals surface area contributed by atoms with E-state index < -0.39 is 0 Å². The quantitative estimate of drug-likeness (QED) is 0.774. The lowest BCUT2D eigenvalue weighted by atomic mass is 9.75. The van der Waals surface area contributed by atoms with Gasteiger partial charge in [0, 0.05) is 6.54 Å². The van der Waals surface area contributed by atoms with Crippen molar-refractivity contribution < 1.29 is 0 Å². The van der Waals surface area contributed by atoms with Crippen LogP contribution in [0.2, 0.25) is 0 Å². The summed E-state index contributed by atoms with van der Waals surface area (Å²) in [7, 11) is 0. The molecule has 0 aliphatic heterocycles. The van der Waals surface area contributed by atoms with Crippen LogP contribution in [-0.2, 0) is 0 Å². The van der Waals surface area contributed by atoms with E-state index >= 15 is 0 Å². The minimum Gasteiger partial charge on any atom is -0.397 e. The maximum atomic E-state index is 6.02. The van der Waals surface area contributed by atoms with E-state index in [1.54, 1.807) is 0 Å². The summed E-state index contributed by atoms with van der Waals surface area (Å²) >= 11 is 0. The fraction of sp³-hybridized carbons (Fsp3) is 0.600. The molecule has 0 heterocycles. The van der Waals surface area contributed by atoms with Gasteiger partial charge in [0.05, 0.1) is 11.4 Å². The Hall–Kier alpha value is -1.18. The van der Waals surface area contributed by atoms with Crippen molar-refractivity contribution in [1.29, 1.82) is 0 Å². The van der Waals surface area contributed by atoms with Crippen LogP contribution >= 0.6 is 0 Å². The smallest absolute Gasteiger partial charge is 0.0603 e. The molecular weight excluding hydrogens is 208 g/mol. The lowest BCUT2D eigenvalue weighted by molar-refractivity contribution is 0.233. The van der Waals surface area contributed by atoms with Crippen molar-refractivity contribution in [1.82, 2.24) is 0 Å². The summed E-state index contributed by atoms with van der Waals surface area (Å²) in [5.74, 6) is 0. The van der Waals surface area contributed by atoms with E-state index in [0.717, 1.165) is 17.9 Å². The highest BCUT2D eigenvalue weighted by molar-refractivity contribution is 5.69. The van der Waals surface area contributed by atoms with Gasteiger partial charge in [-0.15, -0.1) is 0 Å². The fourth-order valence-electron chi connectivity index (χ4n) is 2.82. The van der Waals surface area contributed by atoms with Crippen molar-refractivity contribution in [2.45, 2.75) is 46.0 Å². The number of para-hydroxylation sites is 1.